The van der Waals surface area contributed by atoms with Crippen LogP contribution in [0.1, 0.15) is 26.3 Å². The van der Waals surface area contributed by atoms with Crippen molar-refractivity contribution in [2.75, 3.05) is 12.4 Å². The number of carboxylic acid groups (broad SMARTS) is 1. The van der Waals surface area contributed by atoms with Crippen molar-refractivity contribution in [1.29, 1.82) is 0 Å². The summed E-state index contributed by atoms with van der Waals surface area (Å²) in [5.41, 5.74) is 1.78. The number of carbonyl (C=O) groups excluding carboxylic acids is 1. The summed E-state index contributed by atoms with van der Waals surface area (Å²) < 4.78 is 11.0. The van der Waals surface area contributed by atoms with Crippen molar-refractivity contribution < 1.29 is 24.2 Å². The lowest BCUT2D eigenvalue weighted by molar-refractivity contribution is 0.0698. The average molecular weight is 528 g/mol. The quantitative estimate of drug-likeness (QED) is 0.252. The Morgan fingerprint density at radius 2 is 1.63 bits per heavy atom. The van der Waals surface area contributed by atoms with Gasteiger partial charge in [-0.15, -0.1) is 11.3 Å². The van der Waals surface area contributed by atoms with Crippen molar-refractivity contribution in [3.05, 3.63) is 99.5 Å². The molecule has 0 aliphatic carbocycles. The molecule has 0 saturated heterocycles. The first-order valence-electron chi connectivity index (χ1n) is 10.3. The smallest absolute Gasteiger partial charge is 0.338 e. The number of methoxy groups -OCH3 is 1. The molecule has 178 valence electrons. The molecule has 1 heterocycles. The summed E-state index contributed by atoms with van der Waals surface area (Å²) in [6, 6.07) is 20.7. The number of hydrogen-bond donors (Lipinski definition) is 2. The van der Waals surface area contributed by atoms with Gasteiger partial charge < -0.3 is 19.9 Å². The number of amides is 1. The van der Waals surface area contributed by atoms with Crippen LogP contribution in [0, 0.1) is 0 Å². The van der Waals surface area contributed by atoms with E-state index in [1.165, 1.54) is 24.5 Å². The molecule has 0 aliphatic rings. The predicted octanol–water partition coefficient (Wildman–Crippen LogP) is 7.26. The zero-order valence-corrected chi connectivity index (χ0v) is 20.7. The van der Waals surface area contributed by atoms with Crippen LogP contribution in [0.15, 0.2) is 72.8 Å². The fourth-order valence-corrected chi connectivity index (χ4v) is 4.89. The molecule has 0 fully saturated rings. The molecule has 6 nitrogen and oxygen atoms in total. The molecule has 9 heteroatoms. The zero-order valence-electron chi connectivity index (χ0n) is 18.4. The van der Waals surface area contributed by atoms with Crippen molar-refractivity contribution in [3.8, 4) is 21.9 Å². The van der Waals surface area contributed by atoms with Crippen LogP contribution in [-0.4, -0.2) is 24.1 Å². The van der Waals surface area contributed by atoms with Crippen LogP contribution in [0.4, 0.5) is 5.00 Å². The molecule has 0 radical (unpaired) electrons. The highest BCUT2D eigenvalue weighted by atomic mass is 35.5. The number of anilines is 1. The predicted molar refractivity (Wildman–Crippen MR) is 138 cm³/mol. The lowest BCUT2D eigenvalue weighted by atomic mass is 10.1. The molecule has 0 unspecified atom stereocenters. The van der Waals surface area contributed by atoms with Gasteiger partial charge in [-0.3, -0.25) is 4.79 Å². The maximum absolute atomic E-state index is 12.8. The first-order valence-corrected chi connectivity index (χ1v) is 11.9. The van der Waals surface area contributed by atoms with Crippen LogP contribution in [0.5, 0.6) is 11.5 Å². The second-order valence-electron chi connectivity index (χ2n) is 7.33. The standard InChI is InChI=1S/C26H19Cl2NO5S/c1-33-22-8-3-2-5-17(22)24(30)29-25-18(26(31)32)13-23(35-25)15-9-11-16(12-10-15)34-14-19-20(27)6-4-7-21(19)28/h2-13H,14H2,1H3,(H,29,30)(H,31,32). The largest absolute Gasteiger partial charge is 0.496 e. The van der Waals surface area contributed by atoms with E-state index in [1.54, 1.807) is 54.6 Å². The Balaban J connectivity index is 1.53. The summed E-state index contributed by atoms with van der Waals surface area (Å²) >= 11 is 13.5. The molecule has 0 bridgehead atoms. The number of benzene rings is 3. The fraction of sp³-hybridized carbons (Fsp3) is 0.0769. The number of halogens is 2. The van der Waals surface area contributed by atoms with Crippen LogP contribution in [-0.2, 0) is 6.61 Å². The summed E-state index contributed by atoms with van der Waals surface area (Å²) in [6.07, 6.45) is 0. The number of para-hydroxylation sites is 1. The highest BCUT2D eigenvalue weighted by Gasteiger charge is 2.20. The van der Waals surface area contributed by atoms with Gasteiger partial charge in [0.2, 0.25) is 0 Å². The SMILES string of the molecule is COc1ccccc1C(=O)Nc1sc(-c2ccc(OCc3c(Cl)cccc3Cl)cc2)cc1C(=O)O. The average Bonchev–Trinajstić information content (AvgIpc) is 3.28. The first kappa shape index (κ1) is 24.6. The van der Waals surface area contributed by atoms with Crippen molar-refractivity contribution in [2.45, 2.75) is 6.61 Å². The molecular weight excluding hydrogens is 509 g/mol. The molecule has 2 N–H and O–H groups in total. The number of thiophene rings is 1. The minimum absolute atomic E-state index is 0.00179. The number of carboxylic acids is 1. The van der Waals surface area contributed by atoms with Gasteiger partial charge in [0.05, 0.1) is 18.2 Å². The number of rotatable bonds is 8. The van der Waals surface area contributed by atoms with Gasteiger partial charge in [0.25, 0.3) is 5.91 Å². The van der Waals surface area contributed by atoms with E-state index in [4.69, 9.17) is 32.7 Å². The zero-order chi connectivity index (χ0) is 24.9. The van der Waals surface area contributed by atoms with Gasteiger partial charge in [-0.25, -0.2) is 4.79 Å². The fourth-order valence-electron chi connectivity index (χ4n) is 3.33. The van der Waals surface area contributed by atoms with E-state index < -0.39 is 11.9 Å². The molecular formula is C26H19Cl2NO5S. The molecule has 0 atom stereocenters. The van der Waals surface area contributed by atoms with Crippen molar-refractivity contribution >= 4 is 51.4 Å². The van der Waals surface area contributed by atoms with E-state index in [0.29, 0.717) is 37.5 Å². The molecule has 1 amide bonds. The number of carbonyl (C=O) groups is 2. The molecule has 0 saturated carbocycles. The molecule has 4 rings (SSSR count). The summed E-state index contributed by atoms with van der Waals surface area (Å²) in [7, 11) is 1.47. The van der Waals surface area contributed by atoms with Gasteiger partial charge in [-0.2, -0.15) is 0 Å². The summed E-state index contributed by atoms with van der Waals surface area (Å²) in [6.45, 7) is 0.207. The molecule has 1 aromatic heterocycles. The van der Waals surface area contributed by atoms with Crippen LogP contribution in [0.2, 0.25) is 10.0 Å². The normalized spacial score (nSPS) is 10.6. The Morgan fingerprint density at radius 3 is 2.29 bits per heavy atom. The van der Waals surface area contributed by atoms with Gasteiger partial charge in [0.1, 0.15) is 23.1 Å². The van der Waals surface area contributed by atoms with Crippen LogP contribution < -0.4 is 14.8 Å². The third-order valence-electron chi connectivity index (χ3n) is 5.12. The van der Waals surface area contributed by atoms with Gasteiger partial charge in [0, 0.05) is 20.5 Å². The second-order valence-corrected chi connectivity index (χ2v) is 9.19. The van der Waals surface area contributed by atoms with E-state index in [9.17, 15) is 14.7 Å². The Kier molecular flexibility index (Phi) is 7.60. The second kappa shape index (κ2) is 10.8. The Labute approximate surface area is 215 Å². The van der Waals surface area contributed by atoms with Crippen LogP contribution >= 0.6 is 34.5 Å². The highest BCUT2D eigenvalue weighted by molar-refractivity contribution is 7.20. The van der Waals surface area contributed by atoms with E-state index in [0.717, 1.165) is 5.56 Å². The monoisotopic (exact) mass is 527 g/mol. The minimum atomic E-state index is -1.14. The van der Waals surface area contributed by atoms with Crippen molar-refractivity contribution in [1.82, 2.24) is 0 Å². The molecule has 0 spiro atoms. The summed E-state index contributed by atoms with van der Waals surface area (Å²) in [5, 5.41) is 13.7. The van der Waals surface area contributed by atoms with Crippen molar-refractivity contribution in [2.24, 2.45) is 0 Å². The lowest BCUT2D eigenvalue weighted by Crippen LogP contribution is -2.14. The minimum Gasteiger partial charge on any atom is -0.496 e. The Bertz CT molecular complexity index is 1360. The molecule has 4 aromatic rings. The van der Waals surface area contributed by atoms with Gasteiger partial charge >= 0.3 is 5.97 Å². The van der Waals surface area contributed by atoms with E-state index in [2.05, 4.69) is 5.32 Å². The third kappa shape index (κ3) is 5.59. The maximum atomic E-state index is 12.8. The summed E-state index contributed by atoms with van der Waals surface area (Å²) in [5.74, 6) is -0.600. The van der Waals surface area contributed by atoms with Gasteiger partial charge in [-0.1, -0.05) is 41.4 Å². The molecule has 0 aliphatic heterocycles. The van der Waals surface area contributed by atoms with E-state index >= 15 is 0 Å². The van der Waals surface area contributed by atoms with E-state index in [-0.39, 0.29) is 17.2 Å². The first-order chi connectivity index (χ1) is 16.9. The number of aromatic carboxylic acids is 1. The highest BCUT2D eigenvalue weighted by Crippen LogP contribution is 2.37. The molecule has 35 heavy (non-hydrogen) atoms. The number of ether oxygens (including phenoxy) is 2. The van der Waals surface area contributed by atoms with Crippen LogP contribution in [0.25, 0.3) is 10.4 Å². The van der Waals surface area contributed by atoms with Gasteiger partial charge in [0.15, 0.2) is 0 Å². The number of hydrogen-bond acceptors (Lipinski definition) is 5. The van der Waals surface area contributed by atoms with Crippen molar-refractivity contribution in [3.63, 3.8) is 0 Å². The summed E-state index contributed by atoms with van der Waals surface area (Å²) in [4.78, 5) is 25.3. The number of nitrogens with one attached hydrogen (secondary N) is 1. The molecule has 3 aromatic carbocycles. The van der Waals surface area contributed by atoms with Gasteiger partial charge in [-0.05, 0) is 60.2 Å². The Morgan fingerprint density at radius 1 is 0.943 bits per heavy atom. The van der Waals surface area contributed by atoms with E-state index in [1.807, 2.05) is 12.1 Å². The maximum Gasteiger partial charge on any atom is 0.338 e. The third-order valence-corrected chi connectivity index (χ3v) is 6.93. The Hall–Kier alpha value is -3.52. The topological polar surface area (TPSA) is 84.9 Å². The lowest BCUT2D eigenvalue weighted by Gasteiger charge is -2.10. The van der Waals surface area contributed by atoms with Crippen LogP contribution in [0.3, 0.4) is 0 Å².